The lowest BCUT2D eigenvalue weighted by atomic mass is 9.77. The van der Waals surface area contributed by atoms with Gasteiger partial charge in [0.25, 0.3) is 5.91 Å². The maximum absolute atomic E-state index is 13.0. The minimum atomic E-state index is -0.117. The molecule has 1 aliphatic heterocycles. The first-order chi connectivity index (χ1) is 24.7. The number of carbonyl (C=O) groups is 2. The highest BCUT2D eigenvalue weighted by Gasteiger charge is 2.31. The van der Waals surface area contributed by atoms with Crippen LogP contribution in [-0.2, 0) is 11.8 Å². The zero-order valence-corrected chi connectivity index (χ0v) is 35.4. The van der Waals surface area contributed by atoms with Gasteiger partial charge in [-0.1, -0.05) is 113 Å². The molecule has 3 heterocycles. The fraction of sp³-hybridized carbons (Fsp3) is 0.744. The summed E-state index contributed by atoms with van der Waals surface area (Å²) in [5.74, 6) is 4.64. The highest BCUT2D eigenvalue weighted by atomic mass is 16.2. The van der Waals surface area contributed by atoms with Crippen LogP contribution >= 0.6 is 0 Å². The minimum absolute atomic E-state index is 0.0766. The molecule has 0 radical (unpaired) electrons. The predicted molar refractivity (Wildman–Crippen MR) is 219 cm³/mol. The number of hydrogen-bond acceptors (Lipinski definition) is 5. The Balaban J connectivity index is 0.000000524. The van der Waals surface area contributed by atoms with E-state index >= 15 is 0 Å². The first kappa shape index (κ1) is 46.8. The van der Waals surface area contributed by atoms with Crippen molar-refractivity contribution in [1.29, 1.82) is 5.41 Å². The Morgan fingerprint density at radius 2 is 1.65 bits per heavy atom. The van der Waals surface area contributed by atoms with Crippen LogP contribution < -0.4 is 10.6 Å². The van der Waals surface area contributed by atoms with Crippen LogP contribution in [-0.4, -0.2) is 43.8 Å². The quantitative estimate of drug-likeness (QED) is 0.153. The molecule has 1 saturated carbocycles. The first-order valence-electron chi connectivity index (χ1n) is 20.5. The number of nitrogens with one attached hydrogen (secondary N) is 4. The molecule has 2 aliphatic rings. The zero-order valence-electron chi connectivity index (χ0n) is 35.4. The van der Waals surface area contributed by atoms with Crippen molar-refractivity contribution in [2.24, 2.45) is 36.6 Å². The third-order valence-electron chi connectivity index (χ3n) is 11.3. The number of aromatic amines is 1. The van der Waals surface area contributed by atoms with Gasteiger partial charge in [0, 0.05) is 37.8 Å². The molecule has 9 heteroatoms. The molecule has 4 N–H and O–H groups in total. The lowest BCUT2D eigenvalue weighted by Gasteiger charge is -2.33. The van der Waals surface area contributed by atoms with Crippen LogP contribution in [0.4, 0.5) is 0 Å². The number of carbonyl (C=O) groups excluding carboxylic acids is 2. The second-order valence-corrected chi connectivity index (χ2v) is 15.6. The van der Waals surface area contributed by atoms with Gasteiger partial charge >= 0.3 is 0 Å². The molecule has 0 bridgehead atoms. The highest BCUT2D eigenvalue weighted by Crippen LogP contribution is 2.37. The summed E-state index contributed by atoms with van der Waals surface area (Å²) in [7, 11) is 1.78. The number of aromatic nitrogens is 4. The molecular weight excluding hydrogens is 647 g/mol. The van der Waals surface area contributed by atoms with Crippen LogP contribution in [0.15, 0.2) is 29.6 Å². The molecule has 1 saturated heterocycles. The van der Waals surface area contributed by atoms with Crippen LogP contribution in [0.3, 0.4) is 0 Å². The fourth-order valence-corrected chi connectivity index (χ4v) is 6.68. The maximum atomic E-state index is 13.0. The second-order valence-electron chi connectivity index (χ2n) is 15.6. The molecule has 296 valence electrons. The average Bonchev–Trinajstić information content (AvgIpc) is 3.81. The number of piperidine rings is 1. The number of allylic oxidation sites excluding steroid dienone is 2. The van der Waals surface area contributed by atoms with Gasteiger partial charge in [0.05, 0.1) is 17.9 Å². The van der Waals surface area contributed by atoms with E-state index in [9.17, 15) is 9.59 Å². The number of amides is 2. The molecule has 2 amide bonds. The van der Waals surface area contributed by atoms with Crippen molar-refractivity contribution in [3.8, 4) is 0 Å². The molecule has 2 aromatic heterocycles. The molecule has 52 heavy (non-hydrogen) atoms. The van der Waals surface area contributed by atoms with E-state index in [2.05, 4.69) is 81.1 Å². The van der Waals surface area contributed by atoms with Gasteiger partial charge in [-0.15, -0.1) is 0 Å². The van der Waals surface area contributed by atoms with E-state index in [1.165, 1.54) is 44.9 Å². The van der Waals surface area contributed by atoms with Gasteiger partial charge < -0.3 is 21.0 Å². The molecule has 7 atom stereocenters. The van der Waals surface area contributed by atoms with Gasteiger partial charge in [-0.25, -0.2) is 4.98 Å². The summed E-state index contributed by atoms with van der Waals surface area (Å²) in [4.78, 5) is 31.7. The standard InChI is InChI=1S/C24H36N6O.C11H24.C6H11NO.C2H6/c1-14-8-7-9-19(12-14)22(29-24(31)21-10-11-27-30(21)6)20-13-26-23(28-20)17(4)15(2)16(3)18(5)25;1-5-10(3)8-7-9-11(4)6-2;1-5-2-3-6(8)7-4-5;1-2/h10-11,13-14,17,19,22,25H,7-9,12H2,1-6H3,(H,26,28)(H,29,31);10-11H,5-9H2,1-4H3;5H,2-4H2,1H3,(H,7,8);1-2H3/b16-15-,25-18?;;;. The van der Waals surface area contributed by atoms with Crippen molar-refractivity contribution in [3.05, 3.63) is 46.8 Å². The van der Waals surface area contributed by atoms with Crippen molar-refractivity contribution >= 4 is 17.5 Å². The number of H-pyrrole nitrogens is 1. The Bertz CT molecular complexity index is 1340. The van der Waals surface area contributed by atoms with Gasteiger partial charge in [-0.05, 0) is 81.3 Å². The van der Waals surface area contributed by atoms with Crippen molar-refractivity contribution in [2.45, 2.75) is 166 Å². The van der Waals surface area contributed by atoms with Crippen LogP contribution in [0.2, 0.25) is 0 Å². The third-order valence-corrected chi connectivity index (χ3v) is 11.3. The van der Waals surface area contributed by atoms with E-state index in [1.807, 2.05) is 33.9 Å². The zero-order chi connectivity index (χ0) is 39.4. The number of hydrogen-bond donors (Lipinski definition) is 4. The summed E-state index contributed by atoms with van der Waals surface area (Å²) in [5, 5.41) is 18.1. The fourth-order valence-electron chi connectivity index (χ4n) is 6.68. The lowest BCUT2D eigenvalue weighted by molar-refractivity contribution is -0.122. The number of nitrogens with zero attached hydrogens (tertiary/aromatic N) is 3. The molecule has 0 aromatic carbocycles. The van der Waals surface area contributed by atoms with Crippen molar-refractivity contribution in [2.75, 3.05) is 6.54 Å². The van der Waals surface area contributed by atoms with Crippen LogP contribution in [0.5, 0.6) is 0 Å². The highest BCUT2D eigenvalue weighted by molar-refractivity contribution is 5.96. The minimum Gasteiger partial charge on any atom is -0.356 e. The van der Waals surface area contributed by atoms with E-state index in [4.69, 9.17) is 5.41 Å². The van der Waals surface area contributed by atoms with Crippen molar-refractivity contribution in [3.63, 3.8) is 0 Å². The van der Waals surface area contributed by atoms with Crippen LogP contribution in [0, 0.1) is 35.0 Å². The Morgan fingerprint density at radius 1 is 1.02 bits per heavy atom. The van der Waals surface area contributed by atoms with E-state index in [0.717, 1.165) is 66.7 Å². The molecule has 2 fully saturated rings. The Morgan fingerprint density at radius 3 is 2.13 bits per heavy atom. The lowest BCUT2D eigenvalue weighted by Crippen LogP contribution is -2.36. The monoisotopic (exact) mass is 724 g/mol. The summed E-state index contributed by atoms with van der Waals surface area (Å²) in [6.45, 7) is 26.6. The normalized spacial score (nSPS) is 21.2. The first-order valence-corrected chi connectivity index (χ1v) is 20.5. The van der Waals surface area contributed by atoms with Crippen LogP contribution in [0.1, 0.15) is 188 Å². The second kappa shape index (κ2) is 24.9. The SMILES string of the molecule is CC.CC(=N)/C(C)=C(/C)C(C)c1ncc(C(NC(=O)c2ccnn2C)C2CCCC(C)C2)[nH]1.CC1CCC(=O)NC1.CCC(C)CCCC(C)CC. The predicted octanol–water partition coefficient (Wildman–Crippen LogP) is 10.7. The molecule has 7 unspecified atom stereocenters. The van der Waals surface area contributed by atoms with E-state index < -0.39 is 0 Å². The Labute approximate surface area is 317 Å². The van der Waals surface area contributed by atoms with Crippen molar-refractivity contribution < 1.29 is 9.59 Å². The largest absolute Gasteiger partial charge is 0.356 e. The summed E-state index contributed by atoms with van der Waals surface area (Å²) >= 11 is 0. The number of rotatable bonds is 13. The number of imidazole rings is 1. The summed E-state index contributed by atoms with van der Waals surface area (Å²) in [6.07, 6.45) is 16.9. The molecular formula is C43H77N7O2. The van der Waals surface area contributed by atoms with Gasteiger partial charge in [-0.3, -0.25) is 14.3 Å². The topological polar surface area (TPSA) is 129 Å². The summed E-state index contributed by atoms with van der Waals surface area (Å²) in [5.41, 5.74) is 4.21. The number of aryl methyl sites for hydroxylation is 1. The molecule has 1 aliphatic carbocycles. The van der Waals surface area contributed by atoms with Crippen LogP contribution in [0.25, 0.3) is 0 Å². The summed E-state index contributed by atoms with van der Waals surface area (Å²) in [6, 6.07) is 1.63. The third kappa shape index (κ3) is 16.2. The smallest absolute Gasteiger partial charge is 0.270 e. The average molecular weight is 724 g/mol. The molecule has 9 nitrogen and oxygen atoms in total. The van der Waals surface area contributed by atoms with E-state index in [1.54, 1.807) is 24.0 Å². The van der Waals surface area contributed by atoms with Gasteiger partial charge in [0.15, 0.2) is 0 Å². The van der Waals surface area contributed by atoms with Gasteiger partial charge in [0.2, 0.25) is 5.91 Å². The van der Waals surface area contributed by atoms with Gasteiger partial charge in [0.1, 0.15) is 11.5 Å². The van der Waals surface area contributed by atoms with E-state index in [-0.39, 0.29) is 23.8 Å². The molecule has 4 rings (SSSR count). The Hall–Kier alpha value is -3.23. The molecule has 2 aromatic rings. The Kier molecular flexibility index (Phi) is 22.4. The van der Waals surface area contributed by atoms with Crippen molar-refractivity contribution in [1.82, 2.24) is 30.4 Å². The van der Waals surface area contributed by atoms with E-state index in [0.29, 0.717) is 29.2 Å². The summed E-state index contributed by atoms with van der Waals surface area (Å²) < 4.78 is 1.60. The molecule has 0 spiro atoms. The van der Waals surface area contributed by atoms with Gasteiger partial charge in [-0.2, -0.15) is 5.10 Å². The maximum Gasteiger partial charge on any atom is 0.270 e.